The molecule has 1 unspecified atom stereocenters. The molecule has 72 heavy (non-hydrogen) atoms. The van der Waals surface area contributed by atoms with E-state index in [0.717, 1.165) is 0 Å². The van der Waals surface area contributed by atoms with Gasteiger partial charge in [-0.25, -0.2) is 18.4 Å². The van der Waals surface area contributed by atoms with Gasteiger partial charge in [0.15, 0.2) is 0 Å². The second-order valence-electron chi connectivity index (χ2n) is 17.9. The van der Waals surface area contributed by atoms with E-state index in [9.17, 15) is 14.4 Å². The zero-order valence-corrected chi connectivity index (χ0v) is 43.7. The second-order valence-corrected chi connectivity index (χ2v) is 18.7. The van der Waals surface area contributed by atoms with Crippen molar-refractivity contribution in [3.63, 3.8) is 0 Å². The van der Waals surface area contributed by atoms with E-state index in [2.05, 4.69) is 10.6 Å². The fourth-order valence-electron chi connectivity index (χ4n) is 8.00. The van der Waals surface area contributed by atoms with Crippen molar-refractivity contribution in [1.29, 1.82) is 0 Å². The summed E-state index contributed by atoms with van der Waals surface area (Å²) in [7, 11) is 2.97. The molecule has 1 aliphatic rings. The van der Waals surface area contributed by atoms with Gasteiger partial charge < -0.3 is 67.5 Å². The van der Waals surface area contributed by atoms with Crippen molar-refractivity contribution in [2.24, 2.45) is 5.41 Å². The van der Waals surface area contributed by atoms with Crippen LogP contribution in [0.1, 0.15) is 68.4 Å². The van der Waals surface area contributed by atoms with E-state index >= 15 is 8.78 Å². The van der Waals surface area contributed by atoms with Gasteiger partial charge in [-0.2, -0.15) is 0 Å². The van der Waals surface area contributed by atoms with E-state index in [1.165, 1.54) is 44.4 Å². The summed E-state index contributed by atoms with van der Waals surface area (Å²) in [5.41, 5.74) is -0.963. The summed E-state index contributed by atoms with van der Waals surface area (Å²) in [6.45, 7) is 15.2. The Kier molecular flexibility index (Phi) is 26.4. The molecule has 3 aromatic rings. The zero-order chi connectivity index (χ0) is 52.5. The topological polar surface area (TPSA) is 186 Å². The van der Waals surface area contributed by atoms with Crippen LogP contribution in [0.2, 0.25) is 10.0 Å². The largest absolute Gasteiger partial charge is 0.511 e. The number of benzene rings is 3. The van der Waals surface area contributed by atoms with Crippen LogP contribution < -0.4 is 15.4 Å². The monoisotopic (exact) mass is 1060 g/mol. The molecule has 5 atom stereocenters. The third kappa shape index (κ3) is 19.5. The van der Waals surface area contributed by atoms with Crippen LogP contribution in [-0.4, -0.2) is 156 Å². The number of anilines is 1. The smallest absolute Gasteiger partial charge is 0.495 e. The van der Waals surface area contributed by atoms with Crippen LogP contribution in [0, 0.1) is 17.0 Å². The Hall–Kier alpha value is -4.25. The van der Waals surface area contributed by atoms with Gasteiger partial charge in [0, 0.05) is 36.4 Å². The standard InChI is InChI=1S/C51H70Cl2F2N2O15/c1-34(72-49(60)70-30-29-69-28-27-68-26-25-67-24-23-66-22-21-65-20-19-64-18-17-63-16-15-61-6)71-48(59)35-11-14-41(42(31-35)62-7)56-47(58)46-44(37-9-8-10-39(53)45(37)55)51(5,43(57-46)33-50(2,3)4)38-13-12-36(52)32-40(38)54/h8-14,31-32,34,43-44,46,57H,15-30,33H2,1-7H3,(H,56,58)/t34?,43-,44-,46+,51-/m0/s1. The van der Waals surface area contributed by atoms with E-state index in [-0.39, 0.29) is 63.4 Å². The second kappa shape index (κ2) is 31.5. The summed E-state index contributed by atoms with van der Waals surface area (Å²) in [6, 6.07) is 11.3. The Bertz CT molecular complexity index is 2140. The van der Waals surface area contributed by atoms with Gasteiger partial charge in [0.05, 0.1) is 129 Å². The van der Waals surface area contributed by atoms with Gasteiger partial charge in [-0.15, -0.1) is 0 Å². The minimum absolute atomic E-state index is 0.00543. The van der Waals surface area contributed by atoms with Crippen molar-refractivity contribution in [1.82, 2.24) is 5.32 Å². The number of rotatable bonds is 33. The normalized spacial score (nSPS) is 18.2. The predicted molar refractivity (Wildman–Crippen MR) is 264 cm³/mol. The summed E-state index contributed by atoms with van der Waals surface area (Å²) in [5, 5.41) is 6.32. The van der Waals surface area contributed by atoms with E-state index in [1.807, 2.05) is 27.7 Å². The van der Waals surface area contributed by atoms with Crippen LogP contribution in [0.25, 0.3) is 0 Å². The average molecular weight is 1060 g/mol. The van der Waals surface area contributed by atoms with Crippen molar-refractivity contribution < 1.29 is 80.0 Å². The number of hydrogen-bond acceptors (Lipinski definition) is 16. The van der Waals surface area contributed by atoms with Crippen molar-refractivity contribution >= 4 is 46.9 Å². The van der Waals surface area contributed by atoms with Crippen molar-refractivity contribution in [2.75, 3.05) is 125 Å². The number of esters is 1. The van der Waals surface area contributed by atoms with Gasteiger partial charge in [-0.3, -0.25) is 4.79 Å². The Labute approximate surface area is 430 Å². The van der Waals surface area contributed by atoms with E-state index in [4.69, 9.17) is 80.0 Å². The first-order chi connectivity index (χ1) is 34.5. The lowest BCUT2D eigenvalue weighted by atomic mass is 9.63. The average Bonchev–Trinajstić information content (AvgIpc) is 3.61. The molecule has 1 heterocycles. The number of ether oxygens (including phenoxy) is 12. The summed E-state index contributed by atoms with van der Waals surface area (Å²) < 4.78 is 95.9. The van der Waals surface area contributed by atoms with E-state index in [1.54, 1.807) is 31.4 Å². The Balaban J connectivity index is 1.17. The zero-order valence-electron chi connectivity index (χ0n) is 42.2. The van der Waals surface area contributed by atoms with Crippen LogP contribution in [0.15, 0.2) is 54.6 Å². The Morgan fingerprint density at radius 3 is 1.78 bits per heavy atom. The van der Waals surface area contributed by atoms with Gasteiger partial charge in [-0.1, -0.05) is 69.1 Å². The Morgan fingerprint density at radius 1 is 0.722 bits per heavy atom. The number of carbonyl (C=O) groups excluding carboxylic acids is 3. The maximum absolute atomic E-state index is 16.1. The molecule has 2 N–H and O–H groups in total. The molecule has 0 saturated carbocycles. The number of nitrogens with one attached hydrogen (secondary N) is 2. The number of carbonyl (C=O) groups is 3. The highest BCUT2D eigenvalue weighted by molar-refractivity contribution is 6.31. The number of amides is 1. The first-order valence-corrected chi connectivity index (χ1v) is 24.5. The minimum atomic E-state index is -1.34. The molecular weight excluding hydrogens is 989 g/mol. The van der Waals surface area contributed by atoms with Gasteiger partial charge in [-0.05, 0) is 59.4 Å². The van der Waals surface area contributed by atoms with Crippen LogP contribution in [-0.2, 0) is 62.3 Å². The maximum Gasteiger partial charge on any atom is 0.511 e. The molecule has 0 radical (unpaired) electrons. The molecule has 17 nitrogen and oxygen atoms in total. The molecule has 1 aliphatic heterocycles. The summed E-state index contributed by atoms with van der Waals surface area (Å²) in [5.74, 6) is -3.69. The SMILES string of the molecule is COCCOCCOCCOCCOCCOCCOCCOCCOC(=O)OC(C)OC(=O)c1ccc(NC(=O)[C@@H]2N[C@@H](CC(C)(C)C)[C@](C)(c3ccc(Cl)cc3F)[C@H]2c2cccc(Cl)c2F)c(OC)c1. The molecule has 21 heteroatoms. The molecule has 1 amide bonds. The van der Waals surface area contributed by atoms with E-state index in [0.29, 0.717) is 92.3 Å². The molecule has 0 aliphatic carbocycles. The number of methoxy groups -OCH3 is 2. The van der Waals surface area contributed by atoms with Gasteiger partial charge >= 0.3 is 12.1 Å². The van der Waals surface area contributed by atoms with Crippen LogP contribution in [0.5, 0.6) is 5.75 Å². The molecule has 3 aromatic carbocycles. The molecule has 4 rings (SSSR count). The highest BCUT2D eigenvalue weighted by Gasteiger charge is 2.57. The maximum atomic E-state index is 16.1. The highest BCUT2D eigenvalue weighted by atomic mass is 35.5. The molecule has 0 spiro atoms. The fraction of sp³-hybridized carbons (Fsp3) is 0.588. The molecule has 402 valence electrons. The summed E-state index contributed by atoms with van der Waals surface area (Å²) in [6.07, 6.45) is -1.96. The third-order valence-electron chi connectivity index (χ3n) is 11.4. The quantitative estimate of drug-likeness (QED) is 0.0338. The highest BCUT2D eigenvalue weighted by Crippen LogP contribution is 2.53. The van der Waals surface area contributed by atoms with Crippen molar-refractivity contribution in [2.45, 2.75) is 70.7 Å². The minimum Gasteiger partial charge on any atom is -0.495 e. The van der Waals surface area contributed by atoms with Crippen LogP contribution >= 0.6 is 23.2 Å². The number of halogens is 4. The van der Waals surface area contributed by atoms with Gasteiger partial charge in [0.1, 0.15) is 24.0 Å². The van der Waals surface area contributed by atoms with Crippen molar-refractivity contribution in [3.8, 4) is 5.75 Å². The molecular formula is C51H70Cl2F2N2O15. The first kappa shape index (κ1) is 60.3. The summed E-state index contributed by atoms with van der Waals surface area (Å²) in [4.78, 5) is 39.9. The van der Waals surface area contributed by atoms with E-state index < -0.39 is 59.4 Å². The lowest BCUT2D eigenvalue weighted by Crippen LogP contribution is -2.44. The van der Waals surface area contributed by atoms with Gasteiger partial charge in [0.2, 0.25) is 12.2 Å². The molecule has 1 fully saturated rings. The lowest BCUT2D eigenvalue weighted by Gasteiger charge is -2.40. The predicted octanol–water partition coefficient (Wildman–Crippen LogP) is 8.16. The van der Waals surface area contributed by atoms with Gasteiger partial charge in [0.25, 0.3) is 0 Å². The summed E-state index contributed by atoms with van der Waals surface area (Å²) >= 11 is 12.5. The molecule has 0 bridgehead atoms. The van der Waals surface area contributed by atoms with Crippen molar-refractivity contribution in [3.05, 3.63) is 93.0 Å². The third-order valence-corrected chi connectivity index (χ3v) is 11.9. The molecule has 0 aromatic heterocycles. The lowest BCUT2D eigenvalue weighted by molar-refractivity contribution is -0.118. The molecule has 1 saturated heterocycles. The number of hydrogen-bond donors (Lipinski definition) is 2. The fourth-order valence-corrected chi connectivity index (χ4v) is 8.34. The van der Waals surface area contributed by atoms with Crippen LogP contribution in [0.4, 0.5) is 19.3 Å². The van der Waals surface area contributed by atoms with Crippen LogP contribution in [0.3, 0.4) is 0 Å². The first-order valence-electron chi connectivity index (χ1n) is 23.7. The Morgan fingerprint density at radius 2 is 1.26 bits per heavy atom.